The predicted octanol–water partition coefficient (Wildman–Crippen LogP) is 3.42. The molecule has 0 spiro atoms. The topological polar surface area (TPSA) is 102 Å². The van der Waals surface area contributed by atoms with Crippen LogP contribution in [0.2, 0.25) is 0 Å². The summed E-state index contributed by atoms with van der Waals surface area (Å²) in [6.45, 7) is 1.72. The number of hydrogen-bond acceptors (Lipinski definition) is 7. The number of aryl methyl sites for hydroxylation is 1. The Morgan fingerprint density at radius 3 is 2.85 bits per heavy atom. The molecular weight excluding hydrogens is 425 g/mol. The predicted molar refractivity (Wildman–Crippen MR) is 121 cm³/mol. The molecule has 0 bridgehead atoms. The van der Waals surface area contributed by atoms with Gasteiger partial charge in [0.2, 0.25) is 0 Å². The summed E-state index contributed by atoms with van der Waals surface area (Å²) in [5.74, 6) is 0.674. The molecule has 1 amide bonds. The van der Waals surface area contributed by atoms with Gasteiger partial charge in [-0.3, -0.25) is 9.48 Å². The Kier molecular flexibility index (Phi) is 5.82. The summed E-state index contributed by atoms with van der Waals surface area (Å²) < 4.78 is 19.8. The molecule has 0 saturated carbocycles. The fraction of sp³-hybridized carbons (Fsp3) is 0.348. The van der Waals surface area contributed by atoms with E-state index >= 15 is 0 Å². The second kappa shape index (κ2) is 9.07. The Balaban J connectivity index is 1.28. The van der Waals surface area contributed by atoms with Crippen LogP contribution in [0.25, 0.3) is 22.2 Å². The number of halogens is 1. The molecule has 0 atom stereocenters. The average Bonchev–Trinajstić information content (AvgIpc) is 3.49. The quantitative estimate of drug-likeness (QED) is 0.481. The minimum atomic E-state index is -0.393. The van der Waals surface area contributed by atoms with Crippen LogP contribution in [0.15, 0.2) is 47.5 Å². The van der Waals surface area contributed by atoms with Crippen LogP contribution >= 0.6 is 0 Å². The number of likely N-dealkylation sites (tertiary alicyclic amines) is 1. The summed E-state index contributed by atoms with van der Waals surface area (Å²) >= 11 is 0. The van der Waals surface area contributed by atoms with E-state index in [1.807, 2.05) is 25.4 Å². The third kappa shape index (κ3) is 4.61. The van der Waals surface area contributed by atoms with Gasteiger partial charge in [-0.25, -0.2) is 19.3 Å². The molecule has 5 rings (SSSR count). The van der Waals surface area contributed by atoms with E-state index < -0.39 is 5.91 Å². The van der Waals surface area contributed by atoms with Gasteiger partial charge in [0.1, 0.15) is 18.8 Å². The smallest absolute Gasteiger partial charge is 0.278 e. The highest BCUT2D eigenvalue weighted by molar-refractivity contribution is 6.02. The maximum atomic E-state index is 12.7. The van der Waals surface area contributed by atoms with Crippen LogP contribution in [0.1, 0.15) is 35.1 Å². The van der Waals surface area contributed by atoms with Crippen molar-refractivity contribution in [3.8, 4) is 11.3 Å². The number of aromatic nitrogens is 5. The first-order valence-electron chi connectivity index (χ1n) is 10.9. The van der Waals surface area contributed by atoms with Crippen molar-refractivity contribution in [1.82, 2.24) is 29.6 Å². The molecule has 4 aromatic rings. The fourth-order valence-electron chi connectivity index (χ4n) is 4.08. The molecule has 4 aromatic heterocycles. The lowest BCUT2D eigenvalue weighted by molar-refractivity contribution is 0.102. The molecule has 1 fully saturated rings. The lowest BCUT2D eigenvalue weighted by atomic mass is 9.97. The van der Waals surface area contributed by atoms with E-state index in [1.165, 1.54) is 6.26 Å². The van der Waals surface area contributed by atoms with Crippen LogP contribution in [-0.4, -0.2) is 61.8 Å². The number of amides is 1. The van der Waals surface area contributed by atoms with Gasteiger partial charge in [0.15, 0.2) is 11.6 Å². The number of alkyl halides is 1. The first-order chi connectivity index (χ1) is 16.1. The number of fused-ring (bicyclic) bond motifs is 1. The molecule has 0 radical (unpaired) electrons. The zero-order valence-electron chi connectivity index (χ0n) is 18.2. The minimum Gasteiger partial charge on any atom is -0.448 e. The van der Waals surface area contributed by atoms with Crippen LogP contribution in [0.4, 0.5) is 10.2 Å². The number of nitrogens with one attached hydrogen (secondary N) is 1. The molecule has 0 unspecified atom stereocenters. The van der Waals surface area contributed by atoms with E-state index in [0.717, 1.165) is 42.6 Å². The monoisotopic (exact) mass is 449 g/mol. The van der Waals surface area contributed by atoms with Gasteiger partial charge in [0, 0.05) is 48.9 Å². The molecule has 0 aromatic carbocycles. The van der Waals surface area contributed by atoms with Gasteiger partial charge in [-0.1, -0.05) is 0 Å². The second-order valence-corrected chi connectivity index (χ2v) is 8.19. The van der Waals surface area contributed by atoms with E-state index in [2.05, 4.69) is 30.3 Å². The number of oxazole rings is 1. The van der Waals surface area contributed by atoms with Crippen molar-refractivity contribution in [3.05, 3.63) is 54.6 Å². The normalized spacial score (nSPS) is 15.2. The fourth-order valence-corrected chi connectivity index (χ4v) is 4.08. The summed E-state index contributed by atoms with van der Waals surface area (Å²) in [6.07, 6.45) is 8.36. The number of hydrogen-bond donors (Lipinski definition) is 1. The van der Waals surface area contributed by atoms with Gasteiger partial charge in [-0.15, -0.1) is 0 Å². The van der Waals surface area contributed by atoms with Gasteiger partial charge in [0.05, 0.1) is 17.4 Å². The zero-order chi connectivity index (χ0) is 22.8. The van der Waals surface area contributed by atoms with Crippen molar-refractivity contribution in [3.63, 3.8) is 0 Å². The molecule has 5 heterocycles. The van der Waals surface area contributed by atoms with Gasteiger partial charge < -0.3 is 14.6 Å². The number of nitrogens with zero attached hydrogens (tertiary/aromatic N) is 6. The Hall–Kier alpha value is -3.66. The van der Waals surface area contributed by atoms with Gasteiger partial charge in [-0.05, 0) is 38.1 Å². The summed E-state index contributed by atoms with van der Waals surface area (Å²) in [5.41, 5.74) is 2.61. The van der Waals surface area contributed by atoms with E-state index in [9.17, 15) is 9.18 Å². The molecule has 1 saturated heterocycles. The molecule has 33 heavy (non-hydrogen) atoms. The second-order valence-electron chi connectivity index (χ2n) is 8.19. The molecule has 10 heteroatoms. The van der Waals surface area contributed by atoms with Crippen molar-refractivity contribution in [2.24, 2.45) is 7.05 Å². The zero-order valence-corrected chi connectivity index (χ0v) is 18.2. The number of anilines is 1. The SMILES string of the molecule is Cn1cc(-c2ccc3cnc(NC(=O)c4coc(C5CCN(CCF)CC5)n4)cc3n2)cn1. The molecule has 0 aliphatic carbocycles. The van der Waals surface area contributed by atoms with Gasteiger partial charge in [0.25, 0.3) is 5.91 Å². The van der Waals surface area contributed by atoms with Crippen molar-refractivity contribution >= 4 is 22.6 Å². The lowest BCUT2D eigenvalue weighted by Gasteiger charge is -2.29. The van der Waals surface area contributed by atoms with E-state index in [-0.39, 0.29) is 18.3 Å². The number of piperidine rings is 1. The molecule has 1 aliphatic heterocycles. The third-order valence-corrected chi connectivity index (χ3v) is 5.91. The first kappa shape index (κ1) is 21.2. The number of carbonyl (C=O) groups excluding carboxylic acids is 1. The molecule has 1 aliphatic rings. The van der Waals surface area contributed by atoms with Crippen molar-refractivity contribution < 1.29 is 13.6 Å². The highest BCUT2D eigenvalue weighted by Crippen LogP contribution is 2.27. The van der Waals surface area contributed by atoms with Crippen LogP contribution < -0.4 is 5.32 Å². The minimum absolute atomic E-state index is 0.135. The van der Waals surface area contributed by atoms with Crippen LogP contribution in [-0.2, 0) is 7.05 Å². The van der Waals surface area contributed by atoms with Gasteiger partial charge in [-0.2, -0.15) is 5.10 Å². The maximum absolute atomic E-state index is 12.7. The summed E-state index contributed by atoms with van der Waals surface area (Å²) in [6, 6.07) is 5.58. The Labute approximate surface area is 189 Å². The molecule has 1 N–H and O–H groups in total. The summed E-state index contributed by atoms with van der Waals surface area (Å²) in [4.78, 5) is 28.2. The first-order valence-corrected chi connectivity index (χ1v) is 10.9. The average molecular weight is 449 g/mol. The highest BCUT2D eigenvalue weighted by atomic mass is 19.1. The van der Waals surface area contributed by atoms with Crippen molar-refractivity contribution in [1.29, 1.82) is 0 Å². The number of pyridine rings is 2. The lowest BCUT2D eigenvalue weighted by Crippen LogP contribution is -2.34. The van der Waals surface area contributed by atoms with E-state index in [1.54, 1.807) is 23.1 Å². The van der Waals surface area contributed by atoms with Crippen LogP contribution in [0, 0.1) is 0 Å². The Bertz CT molecular complexity index is 1280. The third-order valence-electron chi connectivity index (χ3n) is 5.91. The van der Waals surface area contributed by atoms with Crippen molar-refractivity contribution in [2.75, 3.05) is 31.6 Å². The largest absolute Gasteiger partial charge is 0.448 e. The maximum Gasteiger partial charge on any atom is 0.278 e. The molecule has 170 valence electrons. The summed E-state index contributed by atoms with van der Waals surface area (Å²) in [7, 11) is 1.85. The Morgan fingerprint density at radius 2 is 2.09 bits per heavy atom. The van der Waals surface area contributed by atoms with Crippen LogP contribution in [0.3, 0.4) is 0 Å². The van der Waals surface area contributed by atoms with Gasteiger partial charge >= 0.3 is 0 Å². The highest BCUT2D eigenvalue weighted by Gasteiger charge is 2.25. The molecule has 9 nitrogen and oxygen atoms in total. The standard InChI is InChI=1S/C23H24FN7O2/c1-30-13-17(12-26-30)18-3-2-16-11-25-21(10-19(16)27-18)29-22(32)20-14-33-23(28-20)15-4-7-31(8-5-15)9-6-24/h2-3,10-15H,4-9H2,1H3,(H,25,29,32). The number of carbonyl (C=O) groups is 1. The molecular formula is C23H24FN7O2. The van der Waals surface area contributed by atoms with E-state index in [4.69, 9.17) is 4.42 Å². The van der Waals surface area contributed by atoms with E-state index in [0.29, 0.717) is 23.8 Å². The Morgan fingerprint density at radius 1 is 1.24 bits per heavy atom. The van der Waals surface area contributed by atoms with Crippen molar-refractivity contribution in [2.45, 2.75) is 18.8 Å². The number of rotatable bonds is 6. The summed E-state index contributed by atoms with van der Waals surface area (Å²) in [5, 5.41) is 7.82. The van der Waals surface area contributed by atoms with Crippen LogP contribution in [0.5, 0.6) is 0 Å².